The number of rotatable bonds is 6. The smallest absolute Gasteiger partial charge is 0.0602 e. The van der Waals surface area contributed by atoms with Gasteiger partial charge in [-0.2, -0.15) is 0 Å². The summed E-state index contributed by atoms with van der Waals surface area (Å²) in [6, 6.07) is 46.2. The van der Waals surface area contributed by atoms with E-state index < -0.39 is 12.7 Å². The Labute approximate surface area is 335 Å². The number of para-hydroxylation sites is 1. The number of pyridine rings is 1. The van der Waals surface area contributed by atoms with E-state index in [1.54, 1.807) is 12.3 Å². The zero-order valence-corrected chi connectivity index (χ0v) is 33.2. The second-order valence-corrected chi connectivity index (χ2v) is 14.4. The van der Waals surface area contributed by atoms with Crippen molar-refractivity contribution < 1.29 is 25.6 Å². The van der Waals surface area contributed by atoms with E-state index in [1.807, 2.05) is 109 Å². The van der Waals surface area contributed by atoms with Gasteiger partial charge in [-0.15, -0.1) is 71.8 Å². The first-order valence-corrected chi connectivity index (χ1v) is 18.1. The predicted molar refractivity (Wildman–Crippen MR) is 216 cm³/mol. The van der Waals surface area contributed by atoms with Crippen LogP contribution in [0.5, 0.6) is 0 Å². The maximum absolute atomic E-state index is 9.13. The van der Waals surface area contributed by atoms with Crippen LogP contribution < -0.4 is 0 Å². The number of imidazole rings is 1. The average Bonchev–Trinajstić information content (AvgIpc) is 3.69. The Hall–Kier alpha value is -4.89. The fourth-order valence-corrected chi connectivity index (χ4v) is 7.09. The van der Waals surface area contributed by atoms with E-state index in [1.165, 1.54) is 16.8 Å². The number of benzene rings is 5. The van der Waals surface area contributed by atoms with Crippen LogP contribution in [0.3, 0.4) is 0 Å². The van der Waals surface area contributed by atoms with Crippen molar-refractivity contribution in [3.63, 3.8) is 0 Å². The van der Waals surface area contributed by atoms with E-state index in [2.05, 4.69) is 72.6 Å². The second kappa shape index (κ2) is 16.8. The summed E-state index contributed by atoms with van der Waals surface area (Å²) >= 11 is 0. The van der Waals surface area contributed by atoms with Crippen molar-refractivity contribution in [1.82, 2.24) is 14.5 Å². The summed E-state index contributed by atoms with van der Waals surface area (Å²) in [4.78, 5) is 8.97. The van der Waals surface area contributed by atoms with Crippen LogP contribution in [0.4, 0.5) is 0 Å². The van der Waals surface area contributed by atoms with Crippen molar-refractivity contribution in [3.8, 4) is 50.6 Å². The SMILES string of the molecule is Cc1cccc(C)c1-n1ccnc1-c1[c-]cccc1.[2H]C([2H])([2H])c1cc(C2([2H])CCC(C)(C)CC2)ccc1-c1ccc(-c2ccnc(-c3[c-]cccc3)c2)cc1.[Ir]. The number of aromatic nitrogens is 3. The minimum atomic E-state index is -2.26. The third kappa shape index (κ3) is 8.84. The molecule has 1 aliphatic rings. The van der Waals surface area contributed by atoms with Crippen LogP contribution in [-0.4, -0.2) is 14.5 Å². The molecular weight excluding hydrogens is 823 g/mol. The van der Waals surface area contributed by atoms with Crippen LogP contribution in [0.25, 0.3) is 50.6 Å². The van der Waals surface area contributed by atoms with Crippen LogP contribution in [-0.2, 0) is 20.1 Å². The summed E-state index contributed by atoms with van der Waals surface area (Å²) in [6.45, 7) is 6.49. The van der Waals surface area contributed by atoms with Gasteiger partial charge in [0.05, 0.1) is 5.82 Å². The fraction of sp³-hybridized carbons (Fsp3) is 0.224. The van der Waals surface area contributed by atoms with Crippen LogP contribution in [0.2, 0.25) is 0 Å². The molecule has 8 rings (SSSR count). The molecule has 4 heteroatoms. The van der Waals surface area contributed by atoms with Crippen molar-refractivity contribution in [2.24, 2.45) is 5.41 Å². The molecule has 0 aliphatic heterocycles. The Kier molecular flexibility index (Phi) is 10.4. The molecule has 1 fully saturated rings. The predicted octanol–water partition coefficient (Wildman–Crippen LogP) is 12.8. The minimum Gasteiger partial charge on any atom is -0.340 e. The Morgan fingerprint density at radius 2 is 1.38 bits per heavy atom. The number of aryl methyl sites for hydroxylation is 3. The van der Waals surface area contributed by atoms with Crippen molar-refractivity contribution in [3.05, 3.63) is 174 Å². The molecule has 0 bridgehead atoms. The average molecular weight is 874 g/mol. The molecule has 0 saturated heterocycles. The van der Waals surface area contributed by atoms with Crippen LogP contribution in [0.1, 0.15) is 73.2 Å². The summed E-state index contributed by atoms with van der Waals surface area (Å²) < 4.78 is 36.0. The minimum absolute atomic E-state index is 0. The van der Waals surface area contributed by atoms with E-state index in [9.17, 15) is 0 Å². The first kappa shape index (κ1) is 32.7. The number of hydrogen-bond donors (Lipinski definition) is 0. The largest absolute Gasteiger partial charge is 0.340 e. The molecule has 0 atom stereocenters. The van der Waals surface area contributed by atoms with E-state index in [-0.39, 0.29) is 25.5 Å². The quantitative estimate of drug-likeness (QED) is 0.156. The first-order chi connectivity index (χ1) is 26.8. The van der Waals surface area contributed by atoms with Gasteiger partial charge in [-0.05, 0) is 114 Å². The normalized spacial score (nSPS) is 15.7. The van der Waals surface area contributed by atoms with E-state index in [0.717, 1.165) is 70.6 Å². The van der Waals surface area contributed by atoms with Gasteiger partial charge in [-0.3, -0.25) is 4.98 Å². The number of nitrogens with zero attached hydrogens (tertiary/aromatic N) is 3. The van der Waals surface area contributed by atoms with Crippen molar-refractivity contribution in [2.75, 3.05) is 0 Å². The molecule has 53 heavy (non-hydrogen) atoms. The van der Waals surface area contributed by atoms with Gasteiger partial charge in [-0.25, -0.2) is 0 Å². The van der Waals surface area contributed by atoms with E-state index in [4.69, 9.17) is 5.48 Å². The molecule has 1 aliphatic carbocycles. The van der Waals surface area contributed by atoms with Gasteiger partial charge >= 0.3 is 0 Å². The fourth-order valence-electron chi connectivity index (χ4n) is 7.09. The van der Waals surface area contributed by atoms with Gasteiger partial charge in [0.1, 0.15) is 0 Å². The Morgan fingerprint density at radius 3 is 2.04 bits per heavy atom. The zero-order valence-electron chi connectivity index (χ0n) is 34.8. The molecule has 269 valence electrons. The summed E-state index contributed by atoms with van der Waals surface area (Å²) in [5.74, 6) is 0.200. The van der Waals surface area contributed by atoms with Crippen molar-refractivity contribution in [2.45, 2.75) is 66.1 Å². The molecule has 0 unspecified atom stereocenters. The maximum atomic E-state index is 9.13. The molecule has 0 amide bonds. The van der Waals surface area contributed by atoms with Crippen LogP contribution in [0.15, 0.2) is 140 Å². The Balaban J connectivity index is 0.000000231. The summed E-state index contributed by atoms with van der Waals surface area (Å²) in [5.41, 5.74) is 11.5. The summed E-state index contributed by atoms with van der Waals surface area (Å²) in [7, 11) is 0. The van der Waals surface area contributed by atoms with Gasteiger partial charge in [0.15, 0.2) is 0 Å². The van der Waals surface area contributed by atoms with Gasteiger partial charge in [0.2, 0.25) is 0 Å². The van der Waals surface area contributed by atoms with E-state index in [0.29, 0.717) is 11.1 Å². The van der Waals surface area contributed by atoms with Gasteiger partial charge in [-0.1, -0.05) is 80.6 Å². The molecule has 2 aromatic heterocycles. The third-order valence-electron chi connectivity index (χ3n) is 10.2. The third-order valence-corrected chi connectivity index (χ3v) is 10.2. The topological polar surface area (TPSA) is 30.7 Å². The van der Waals surface area contributed by atoms with E-state index >= 15 is 0 Å². The number of hydrogen-bond acceptors (Lipinski definition) is 2. The van der Waals surface area contributed by atoms with Crippen molar-refractivity contribution in [1.29, 1.82) is 0 Å². The Bertz CT molecular complexity index is 2390. The molecule has 1 radical (unpaired) electrons. The van der Waals surface area contributed by atoms with Gasteiger partial charge < -0.3 is 9.55 Å². The van der Waals surface area contributed by atoms with Gasteiger partial charge in [0, 0.05) is 49.9 Å². The van der Waals surface area contributed by atoms with Crippen LogP contribution >= 0.6 is 0 Å². The molecular formula is C49H47IrN3-2. The molecule has 0 N–H and O–H groups in total. The molecule has 7 aromatic rings. The molecule has 3 nitrogen and oxygen atoms in total. The summed E-state index contributed by atoms with van der Waals surface area (Å²) in [6.07, 6.45) is 9.09. The molecule has 2 heterocycles. The van der Waals surface area contributed by atoms with Gasteiger partial charge in [0.25, 0.3) is 0 Å². The molecule has 1 saturated carbocycles. The maximum Gasteiger partial charge on any atom is 0.0602 e. The molecule has 0 spiro atoms. The van der Waals surface area contributed by atoms with Crippen molar-refractivity contribution >= 4 is 0 Å². The zero-order chi connectivity index (χ0) is 39.5. The molecule has 5 aromatic carbocycles. The standard InChI is InChI=1S/C32H32N.C17H15N2.Ir/c1-23-21-28(25-15-18-32(2,3)19-16-25)13-14-30(23)26-11-9-24(10-12-26)29-17-20-33-31(22-29)27-7-5-4-6-8-27;1-13-7-6-8-14(2)16(13)19-12-11-18-17(19)15-9-4-3-5-10-15;/h4-7,9-14,17,20-22,25H,15-16,18-19H2,1-3H3;3-9,11-12H,1-2H3;/q2*-1;/i1D3,25D;;. The Morgan fingerprint density at radius 1 is 0.698 bits per heavy atom. The van der Waals surface area contributed by atoms with Crippen LogP contribution in [0, 0.1) is 38.2 Å². The monoisotopic (exact) mass is 874 g/mol. The summed E-state index contributed by atoms with van der Waals surface area (Å²) in [5, 5.41) is 0. The first-order valence-electron chi connectivity index (χ1n) is 20.1. The second-order valence-electron chi connectivity index (χ2n) is 14.4.